The predicted molar refractivity (Wildman–Crippen MR) is 106 cm³/mol. The number of thiophene rings is 1. The number of hydrogen-bond donors (Lipinski definition) is 2. The highest BCUT2D eigenvalue weighted by Crippen LogP contribution is 2.36. The van der Waals surface area contributed by atoms with Crippen molar-refractivity contribution in [3.05, 3.63) is 20.8 Å². The lowest BCUT2D eigenvalue weighted by Crippen LogP contribution is -2.43. The van der Waals surface area contributed by atoms with E-state index in [0.717, 1.165) is 23.5 Å². The smallest absolute Gasteiger partial charge is 0.191 e. The van der Waals surface area contributed by atoms with Crippen LogP contribution in [0.1, 0.15) is 24.6 Å². The third kappa shape index (κ3) is 5.73. The molecule has 0 amide bonds. The zero-order valence-electron chi connectivity index (χ0n) is 11.7. The first-order chi connectivity index (χ1) is 9.11. The Labute approximate surface area is 154 Å². The summed E-state index contributed by atoms with van der Waals surface area (Å²) in [6.45, 7) is 4.13. The zero-order valence-corrected chi connectivity index (χ0v) is 17.3. The van der Waals surface area contributed by atoms with Crippen LogP contribution in [0.3, 0.4) is 0 Å². The first-order valence-corrected chi connectivity index (χ1v) is 9.08. The Morgan fingerprint density at radius 3 is 2.85 bits per heavy atom. The summed E-state index contributed by atoms with van der Waals surface area (Å²) in [6, 6.07) is 2.14. The zero-order chi connectivity index (χ0) is 13.7. The molecule has 1 aromatic heterocycles. The quantitative estimate of drug-likeness (QED) is 0.380. The van der Waals surface area contributed by atoms with Crippen LogP contribution in [0.25, 0.3) is 0 Å². The van der Waals surface area contributed by atoms with Crippen LogP contribution in [0.15, 0.2) is 20.9 Å². The van der Waals surface area contributed by atoms with E-state index in [1.54, 1.807) is 11.3 Å². The molecule has 1 aromatic rings. The van der Waals surface area contributed by atoms with Gasteiger partial charge in [0.25, 0.3) is 0 Å². The molecular formula is C13H21BrIN3S2. The minimum absolute atomic E-state index is 0. The first kappa shape index (κ1) is 18.6. The van der Waals surface area contributed by atoms with Gasteiger partial charge in [0.15, 0.2) is 5.96 Å². The lowest BCUT2D eigenvalue weighted by molar-refractivity contribution is 0.585. The first-order valence-electron chi connectivity index (χ1n) is 6.43. The molecule has 0 radical (unpaired) electrons. The molecule has 3 nitrogen and oxygen atoms in total. The number of rotatable bonds is 4. The highest BCUT2D eigenvalue weighted by molar-refractivity contribution is 14.0. The predicted octanol–water partition coefficient (Wildman–Crippen LogP) is 4.08. The van der Waals surface area contributed by atoms with Crippen molar-refractivity contribution < 1.29 is 0 Å². The van der Waals surface area contributed by atoms with Crippen LogP contribution in [0.2, 0.25) is 0 Å². The molecule has 1 saturated heterocycles. The van der Waals surface area contributed by atoms with Crippen molar-refractivity contribution >= 4 is 69.0 Å². The molecule has 2 rings (SSSR count). The molecule has 20 heavy (non-hydrogen) atoms. The van der Waals surface area contributed by atoms with Crippen molar-refractivity contribution in [1.29, 1.82) is 0 Å². The van der Waals surface area contributed by atoms with Crippen molar-refractivity contribution in [1.82, 2.24) is 10.6 Å². The number of halogens is 2. The van der Waals surface area contributed by atoms with Crippen LogP contribution in [-0.2, 0) is 6.54 Å². The summed E-state index contributed by atoms with van der Waals surface area (Å²) < 4.78 is 1.51. The molecule has 1 aliphatic heterocycles. The Balaban J connectivity index is 0.00000200. The molecule has 0 spiro atoms. The Morgan fingerprint density at radius 2 is 2.30 bits per heavy atom. The van der Waals surface area contributed by atoms with Gasteiger partial charge < -0.3 is 10.6 Å². The normalized spacial score (nSPS) is 22.4. The fourth-order valence-corrected chi connectivity index (χ4v) is 4.72. The van der Waals surface area contributed by atoms with Gasteiger partial charge in [-0.25, -0.2) is 0 Å². The third-order valence-corrected chi connectivity index (χ3v) is 6.44. The molecule has 0 bridgehead atoms. The SMILES string of the molecule is CN=C(NCc1cc(Br)cs1)NCC1(C)CCCS1.I. The second-order valence-electron chi connectivity index (χ2n) is 4.91. The molecule has 2 N–H and O–H groups in total. The van der Waals surface area contributed by atoms with Gasteiger partial charge in [-0.15, -0.1) is 35.3 Å². The lowest BCUT2D eigenvalue weighted by atomic mass is 10.1. The van der Waals surface area contributed by atoms with Crippen molar-refractivity contribution in [2.45, 2.75) is 31.1 Å². The highest BCUT2D eigenvalue weighted by Gasteiger charge is 2.29. The maximum absolute atomic E-state index is 4.28. The van der Waals surface area contributed by atoms with Crippen molar-refractivity contribution in [3.63, 3.8) is 0 Å². The fourth-order valence-electron chi connectivity index (χ4n) is 2.08. The van der Waals surface area contributed by atoms with Crippen LogP contribution >= 0.6 is 63.0 Å². The van der Waals surface area contributed by atoms with E-state index in [1.165, 1.54) is 23.5 Å². The molecule has 114 valence electrons. The molecule has 1 atom stereocenters. The Kier molecular flexibility index (Phi) is 8.22. The van der Waals surface area contributed by atoms with Crippen LogP contribution < -0.4 is 10.6 Å². The summed E-state index contributed by atoms with van der Waals surface area (Å²) in [5, 5.41) is 8.90. The van der Waals surface area contributed by atoms with E-state index < -0.39 is 0 Å². The maximum atomic E-state index is 4.28. The minimum atomic E-state index is 0. The Hall–Kier alpha value is 0.530. The van der Waals surface area contributed by atoms with E-state index >= 15 is 0 Å². The average Bonchev–Trinajstić information content (AvgIpc) is 2.99. The number of aliphatic imine (C=N–C) groups is 1. The van der Waals surface area contributed by atoms with Gasteiger partial charge in [-0.3, -0.25) is 4.99 Å². The van der Waals surface area contributed by atoms with Crippen molar-refractivity contribution in [2.24, 2.45) is 4.99 Å². The molecule has 0 aliphatic carbocycles. The third-order valence-electron chi connectivity index (χ3n) is 3.21. The fraction of sp³-hybridized carbons (Fsp3) is 0.615. The van der Waals surface area contributed by atoms with Gasteiger partial charge >= 0.3 is 0 Å². The lowest BCUT2D eigenvalue weighted by Gasteiger charge is -2.24. The van der Waals surface area contributed by atoms with E-state index in [0.29, 0.717) is 4.75 Å². The van der Waals surface area contributed by atoms with Gasteiger partial charge in [-0.05, 0) is 47.5 Å². The van der Waals surface area contributed by atoms with E-state index in [-0.39, 0.29) is 24.0 Å². The summed E-state index contributed by atoms with van der Waals surface area (Å²) in [5.74, 6) is 2.17. The van der Waals surface area contributed by atoms with E-state index in [1.807, 2.05) is 7.05 Å². The summed E-state index contributed by atoms with van der Waals surface area (Å²) in [7, 11) is 1.82. The van der Waals surface area contributed by atoms with Gasteiger partial charge in [0.2, 0.25) is 0 Å². The van der Waals surface area contributed by atoms with Crippen LogP contribution in [0, 0.1) is 0 Å². The molecule has 0 saturated carbocycles. The standard InChI is InChI=1S/C13H20BrN3S2.HI/c1-13(4-3-5-19-13)9-17-12(15-2)16-7-11-6-10(14)8-18-11;/h6,8H,3-5,7,9H2,1-2H3,(H2,15,16,17);1H. The second kappa shape index (κ2) is 8.85. The highest BCUT2D eigenvalue weighted by atomic mass is 127. The van der Waals surface area contributed by atoms with E-state index in [4.69, 9.17) is 0 Å². The van der Waals surface area contributed by atoms with E-state index in [9.17, 15) is 0 Å². The molecule has 1 aliphatic rings. The number of nitrogens with zero attached hydrogens (tertiary/aromatic N) is 1. The molecule has 0 aromatic carbocycles. The van der Waals surface area contributed by atoms with Crippen LogP contribution in [0.4, 0.5) is 0 Å². The monoisotopic (exact) mass is 489 g/mol. The summed E-state index contributed by atoms with van der Waals surface area (Å²) in [4.78, 5) is 5.58. The van der Waals surface area contributed by atoms with Gasteiger partial charge in [0.05, 0.1) is 6.54 Å². The molecule has 1 unspecified atom stereocenters. The average molecular weight is 490 g/mol. The molecule has 7 heteroatoms. The summed E-state index contributed by atoms with van der Waals surface area (Å²) in [6.07, 6.45) is 2.62. The Bertz CT molecular complexity index is 445. The second-order valence-corrected chi connectivity index (χ2v) is 8.51. The molecule has 2 heterocycles. The van der Waals surface area contributed by atoms with Gasteiger partial charge in [0.1, 0.15) is 0 Å². The number of guanidine groups is 1. The molecule has 1 fully saturated rings. The largest absolute Gasteiger partial charge is 0.355 e. The van der Waals surface area contributed by atoms with Crippen LogP contribution in [-0.4, -0.2) is 30.1 Å². The van der Waals surface area contributed by atoms with Crippen molar-refractivity contribution in [3.8, 4) is 0 Å². The minimum Gasteiger partial charge on any atom is -0.355 e. The Morgan fingerprint density at radius 1 is 1.50 bits per heavy atom. The number of hydrogen-bond acceptors (Lipinski definition) is 3. The van der Waals surface area contributed by atoms with Crippen LogP contribution in [0.5, 0.6) is 0 Å². The van der Waals surface area contributed by atoms with Gasteiger partial charge in [-0.1, -0.05) is 0 Å². The number of thioether (sulfide) groups is 1. The topological polar surface area (TPSA) is 36.4 Å². The van der Waals surface area contributed by atoms with Crippen molar-refractivity contribution in [2.75, 3.05) is 19.3 Å². The summed E-state index contributed by atoms with van der Waals surface area (Å²) in [5.41, 5.74) is 0. The molecular weight excluding hydrogens is 469 g/mol. The van der Waals surface area contributed by atoms with E-state index in [2.05, 4.69) is 61.7 Å². The maximum Gasteiger partial charge on any atom is 0.191 e. The van der Waals surface area contributed by atoms with Gasteiger partial charge in [-0.2, -0.15) is 11.8 Å². The number of nitrogens with one attached hydrogen (secondary N) is 2. The summed E-state index contributed by atoms with van der Waals surface area (Å²) >= 11 is 7.29. The van der Waals surface area contributed by atoms with Gasteiger partial charge in [0, 0.05) is 33.1 Å².